The van der Waals surface area contributed by atoms with Gasteiger partial charge in [-0.1, -0.05) is 12.1 Å². The molecule has 5 nitrogen and oxygen atoms in total. The molecule has 0 radical (unpaired) electrons. The van der Waals surface area contributed by atoms with Crippen molar-refractivity contribution < 1.29 is 9.84 Å². The van der Waals surface area contributed by atoms with Crippen LogP contribution in [0.25, 0.3) is 0 Å². The molecule has 4 rings (SSSR count). The molecule has 24 heavy (non-hydrogen) atoms. The average molecular weight is 331 g/mol. The van der Waals surface area contributed by atoms with Gasteiger partial charge >= 0.3 is 0 Å². The zero-order valence-electron chi connectivity index (χ0n) is 14.6. The minimum Gasteiger partial charge on any atom is -0.392 e. The van der Waals surface area contributed by atoms with Crippen molar-refractivity contribution in [2.75, 3.05) is 50.8 Å². The Labute approximate surface area is 144 Å². The molecule has 0 aromatic heterocycles. The number of benzene rings is 1. The van der Waals surface area contributed by atoms with Gasteiger partial charge in [0.05, 0.1) is 19.3 Å². The highest BCUT2D eigenvalue weighted by Crippen LogP contribution is 2.26. The fourth-order valence-electron chi connectivity index (χ4n) is 4.37. The average Bonchev–Trinajstić information content (AvgIpc) is 2.95. The number of fused-ring (bicyclic) bond motifs is 1. The summed E-state index contributed by atoms with van der Waals surface area (Å²) >= 11 is 0. The Kier molecular flexibility index (Phi) is 4.77. The van der Waals surface area contributed by atoms with Gasteiger partial charge in [0.25, 0.3) is 0 Å². The molecule has 3 saturated heterocycles. The number of hydrogen-bond acceptors (Lipinski definition) is 5. The van der Waals surface area contributed by atoms with E-state index in [9.17, 15) is 5.11 Å². The highest BCUT2D eigenvalue weighted by Gasteiger charge is 2.37. The Hall–Kier alpha value is -1.14. The van der Waals surface area contributed by atoms with Crippen molar-refractivity contribution in [2.45, 2.75) is 38.1 Å². The third-order valence-corrected chi connectivity index (χ3v) is 5.77. The molecule has 3 aliphatic heterocycles. The molecule has 0 saturated carbocycles. The molecule has 0 amide bonds. The van der Waals surface area contributed by atoms with Crippen LogP contribution in [0.2, 0.25) is 0 Å². The number of morpholine rings is 1. The number of rotatable bonds is 3. The lowest BCUT2D eigenvalue weighted by Gasteiger charge is -2.42. The van der Waals surface area contributed by atoms with Crippen LogP contribution in [0, 0.1) is 0 Å². The van der Waals surface area contributed by atoms with Crippen LogP contribution in [0.15, 0.2) is 24.3 Å². The number of anilines is 1. The predicted octanol–water partition coefficient (Wildman–Crippen LogP) is 1.16. The summed E-state index contributed by atoms with van der Waals surface area (Å²) < 4.78 is 5.43. The first-order valence-electron chi connectivity index (χ1n) is 9.27. The van der Waals surface area contributed by atoms with E-state index in [0.717, 1.165) is 58.9 Å². The molecular formula is C19H29N3O2. The largest absolute Gasteiger partial charge is 0.392 e. The molecule has 3 aliphatic rings. The second-order valence-electron chi connectivity index (χ2n) is 7.54. The van der Waals surface area contributed by atoms with Gasteiger partial charge in [0.2, 0.25) is 0 Å². The number of aliphatic hydroxyl groups is 1. The van der Waals surface area contributed by atoms with Gasteiger partial charge in [0, 0.05) is 57.0 Å². The maximum absolute atomic E-state index is 9.90. The first-order chi connectivity index (χ1) is 11.7. The van der Waals surface area contributed by atoms with Crippen molar-refractivity contribution in [1.82, 2.24) is 9.80 Å². The Bertz CT molecular complexity index is 544. The van der Waals surface area contributed by atoms with Gasteiger partial charge in [0.15, 0.2) is 0 Å². The van der Waals surface area contributed by atoms with Crippen molar-refractivity contribution in [3.8, 4) is 0 Å². The van der Waals surface area contributed by atoms with Crippen molar-refractivity contribution in [2.24, 2.45) is 0 Å². The van der Waals surface area contributed by atoms with Crippen LogP contribution < -0.4 is 4.90 Å². The Morgan fingerprint density at radius 1 is 1.08 bits per heavy atom. The normalized spacial score (nSPS) is 32.1. The highest BCUT2D eigenvalue weighted by molar-refractivity contribution is 5.47. The smallest absolute Gasteiger partial charge is 0.0682 e. The SMILES string of the molecule is C[C@@H]1CN2C[C@H](O)CC2CN1Cc1ccc(N2CCOCC2)cc1. The second kappa shape index (κ2) is 7.00. The molecule has 0 bridgehead atoms. The van der Waals surface area contributed by atoms with Gasteiger partial charge in [-0.2, -0.15) is 0 Å². The predicted molar refractivity (Wildman–Crippen MR) is 95.3 cm³/mol. The van der Waals surface area contributed by atoms with E-state index in [-0.39, 0.29) is 6.10 Å². The van der Waals surface area contributed by atoms with Gasteiger partial charge in [0.1, 0.15) is 0 Å². The minimum atomic E-state index is -0.130. The standard InChI is InChI=1S/C19H29N3O2/c1-15-11-22-14-19(23)10-18(22)13-21(15)12-16-2-4-17(5-3-16)20-6-8-24-9-7-20/h2-5,15,18-19,23H,6-14H2,1H3/t15-,18?,19-/m1/s1. The van der Waals surface area contributed by atoms with Crippen LogP contribution in [0.1, 0.15) is 18.9 Å². The molecule has 0 spiro atoms. The molecule has 3 atom stereocenters. The summed E-state index contributed by atoms with van der Waals surface area (Å²) in [5.74, 6) is 0. The van der Waals surface area contributed by atoms with E-state index < -0.39 is 0 Å². The number of ether oxygens (including phenoxy) is 1. The summed E-state index contributed by atoms with van der Waals surface area (Å²) in [4.78, 5) is 7.44. The molecule has 1 aromatic rings. The molecule has 132 valence electrons. The van der Waals surface area contributed by atoms with E-state index in [1.165, 1.54) is 11.3 Å². The van der Waals surface area contributed by atoms with Crippen LogP contribution in [0.5, 0.6) is 0 Å². The second-order valence-corrected chi connectivity index (χ2v) is 7.54. The minimum absolute atomic E-state index is 0.130. The zero-order valence-corrected chi connectivity index (χ0v) is 14.6. The lowest BCUT2D eigenvalue weighted by Crippen LogP contribution is -2.54. The maximum Gasteiger partial charge on any atom is 0.0682 e. The summed E-state index contributed by atoms with van der Waals surface area (Å²) in [7, 11) is 0. The van der Waals surface area contributed by atoms with Crippen LogP contribution in [0.4, 0.5) is 5.69 Å². The summed E-state index contributed by atoms with van der Waals surface area (Å²) in [6.45, 7) is 9.96. The van der Waals surface area contributed by atoms with Crippen LogP contribution >= 0.6 is 0 Å². The van der Waals surface area contributed by atoms with E-state index in [2.05, 4.69) is 45.9 Å². The van der Waals surface area contributed by atoms with Gasteiger partial charge < -0.3 is 14.7 Å². The topological polar surface area (TPSA) is 39.2 Å². The third-order valence-electron chi connectivity index (χ3n) is 5.77. The monoisotopic (exact) mass is 331 g/mol. The van der Waals surface area contributed by atoms with E-state index >= 15 is 0 Å². The number of nitrogens with zero attached hydrogens (tertiary/aromatic N) is 3. The summed E-state index contributed by atoms with van der Waals surface area (Å²) in [6.07, 6.45) is 0.800. The van der Waals surface area contributed by atoms with E-state index in [0.29, 0.717) is 12.1 Å². The molecule has 1 unspecified atom stereocenters. The fraction of sp³-hybridized carbons (Fsp3) is 0.684. The molecule has 3 fully saturated rings. The third kappa shape index (κ3) is 3.45. The zero-order chi connectivity index (χ0) is 16.5. The molecule has 5 heteroatoms. The van der Waals surface area contributed by atoms with Crippen LogP contribution in [0.3, 0.4) is 0 Å². The molecular weight excluding hydrogens is 302 g/mol. The van der Waals surface area contributed by atoms with Gasteiger partial charge in [-0.3, -0.25) is 9.80 Å². The quantitative estimate of drug-likeness (QED) is 0.900. The summed E-state index contributed by atoms with van der Waals surface area (Å²) in [6, 6.07) is 10.1. The van der Waals surface area contributed by atoms with Gasteiger partial charge in [-0.25, -0.2) is 0 Å². The Morgan fingerprint density at radius 3 is 2.58 bits per heavy atom. The lowest BCUT2D eigenvalue weighted by molar-refractivity contribution is 0.0528. The van der Waals surface area contributed by atoms with E-state index in [4.69, 9.17) is 4.74 Å². The maximum atomic E-state index is 9.90. The van der Waals surface area contributed by atoms with Crippen LogP contribution in [-0.2, 0) is 11.3 Å². The van der Waals surface area contributed by atoms with Gasteiger partial charge in [-0.15, -0.1) is 0 Å². The summed E-state index contributed by atoms with van der Waals surface area (Å²) in [5, 5.41) is 9.90. The first kappa shape index (κ1) is 16.3. The Balaban J connectivity index is 1.38. The molecule has 1 N–H and O–H groups in total. The molecule has 0 aliphatic carbocycles. The number of aliphatic hydroxyl groups excluding tert-OH is 1. The lowest BCUT2D eigenvalue weighted by atomic mass is 10.1. The fourth-order valence-corrected chi connectivity index (χ4v) is 4.37. The van der Waals surface area contributed by atoms with E-state index in [1.807, 2.05) is 0 Å². The Morgan fingerprint density at radius 2 is 1.83 bits per heavy atom. The van der Waals surface area contributed by atoms with Crippen molar-refractivity contribution >= 4 is 5.69 Å². The van der Waals surface area contributed by atoms with Crippen LogP contribution in [-0.4, -0.2) is 79.0 Å². The van der Waals surface area contributed by atoms with Crippen molar-refractivity contribution in [3.63, 3.8) is 0 Å². The molecule has 1 aromatic carbocycles. The summed E-state index contributed by atoms with van der Waals surface area (Å²) in [5.41, 5.74) is 2.68. The first-order valence-corrected chi connectivity index (χ1v) is 9.27. The van der Waals surface area contributed by atoms with Gasteiger partial charge in [-0.05, 0) is 31.0 Å². The number of piperazine rings is 1. The highest BCUT2D eigenvalue weighted by atomic mass is 16.5. The molecule has 3 heterocycles. The van der Waals surface area contributed by atoms with Crippen molar-refractivity contribution in [3.05, 3.63) is 29.8 Å². The van der Waals surface area contributed by atoms with Crippen molar-refractivity contribution in [1.29, 1.82) is 0 Å². The van der Waals surface area contributed by atoms with E-state index in [1.54, 1.807) is 0 Å². The number of hydrogen-bond donors (Lipinski definition) is 1.